The highest BCUT2D eigenvalue weighted by Gasteiger charge is 2.24. The van der Waals surface area contributed by atoms with E-state index in [1.54, 1.807) is 12.4 Å². The zero-order valence-electron chi connectivity index (χ0n) is 17.2. The molecule has 1 unspecified atom stereocenters. The summed E-state index contributed by atoms with van der Waals surface area (Å²) in [6.07, 6.45) is 4.11. The van der Waals surface area contributed by atoms with Crippen molar-refractivity contribution >= 4 is 23.6 Å². The van der Waals surface area contributed by atoms with E-state index in [1.807, 2.05) is 19.1 Å². The minimum Gasteiger partial charge on any atom is -0.338 e. The van der Waals surface area contributed by atoms with Crippen molar-refractivity contribution in [2.45, 2.75) is 13.3 Å². The van der Waals surface area contributed by atoms with Gasteiger partial charge in [0, 0.05) is 50.6 Å². The molecule has 1 saturated heterocycles. The zero-order valence-corrected chi connectivity index (χ0v) is 17.2. The molecule has 154 valence electrons. The van der Waals surface area contributed by atoms with E-state index in [4.69, 9.17) is 0 Å². The highest BCUT2D eigenvalue weighted by molar-refractivity contribution is 6.12. The number of likely N-dealkylation sites (N-methyl/N-ethyl adjacent to an activating group) is 1. The summed E-state index contributed by atoms with van der Waals surface area (Å²) in [5.74, 6) is 2.27. The maximum atomic E-state index is 9.56. The summed E-state index contributed by atoms with van der Waals surface area (Å²) >= 11 is 0. The van der Waals surface area contributed by atoms with Gasteiger partial charge in [-0.1, -0.05) is 6.92 Å². The van der Waals surface area contributed by atoms with Crippen LogP contribution in [0.15, 0.2) is 34.5 Å². The maximum Gasteiger partial charge on any atom is 0.256 e. The van der Waals surface area contributed by atoms with E-state index in [0.29, 0.717) is 42.4 Å². The molecule has 0 saturated carbocycles. The fourth-order valence-corrected chi connectivity index (χ4v) is 3.25. The number of nitrogens with one attached hydrogen (secondary N) is 1. The number of piperazine rings is 1. The van der Waals surface area contributed by atoms with Gasteiger partial charge in [-0.2, -0.15) is 25.2 Å². The summed E-state index contributed by atoms with van der Waals surface area (Å²) in [6, 6.07) is 6.01. The van der Waals surface area contributed by atoms with Crippen molar-refractivity contribution in [3.8, 4) is 6.07 Å². The minimum atomic E-state index is -0.487. The monoisotopic (exact) mass is 404 g/mol. The summed E-state index contributed by atoms with van der Waals surface area (Å²) in [5.41, 5.74) is 0.838. The van der Waals surface area contributed by atoms with Crippen molar-refractivity contribution in [2.24, 2.45) is 15.9 Å². The Morgan fingerprint density at radius 1 is 1.23 bits per heavy atom. The number of hydrogen-bond donors (Lipinski definition) is 1. The number of aliphatic imine (C=N–C) groups is 2. The molecule has 1 atom stereocenters. The Balaban J connectivity index is 1.64. The lowest BCUT2D eigenvalue weighted by Crippen LogP contribution is -2.45. The van der Waals surface area contributed by atoms with Crippen molar-refractivity contribution < 1.29 is 0 Å². The van der Waals surface area contributed by atoms with Crippen LogP contribution in [0.4, 0.5) is 11.9 Å². The number of hydrogen-bond acceptors (Lipinski definition) is 9. The fourth-order valence-electron chi connectivity index (χ4n) is 3.25. The van der Waals surface area contributed by atoms with E-state index < -0.39 is 5.92 Å². The van der Waals surface area contributed by atoms with Crippen molar-refractivity contribution in [2.75, 3.05) is 44.7 Å². The number of anilines is 1. The molecule has 4 heterocycles. The van der Waals surface area contributed by atoms with Crippen LogP contribution in [0, 0.1) is 17.2 Å². The predicted octanol–water partition coefficient (Wildman–Crippen LogP) is 0.801. The molecule has 10 nitrogen and oxygen atoms in total. The number of aromatic nitrogens is 4. The SMILES string of the molecule is CCc1nc(N=C2NC(c3cccnc3)=NCC2C#N)nc(N2CCN(C)CC2)n1. The zero-order chi connectivity index (χ0) is 20.9. The van der Waals surface area contributed by atoms with E-state index in [-0.39, 0.29) is 0 Å². The van der Waals surface area contributed by atoms with E-state index in [2.05, 4.69) is 58.2 Å². The van der Waals surface area contributed by atoms with Crippen LogP contribution in [0.3, 0.4) is 0 Å². The van der Waals surface area contributed by atoms with Crippen molar-refractivity contribution in [1.82, 2.24) is 30.2 Å². The number of rotatable bonds is 4. The van der Waals surface area contributed by atoms with Gasteiger partial charge >= 0.3 is 0 Å². The molecule has 4 rings (SSSR count). The standard InChI is InChI=1S/C20H24N10/c1-3-16-24-19(28-20(25-16)30-9-7-29(2)8-10-30)27-18-15(11-21)13-23-17(26-18)14-5-4-6-22-12-14/h4-6,12,15H,3,7-10,13H2,1-2H3,(H,23,24,25,26,27,28). The largest absolute Gasteiger partial charge is 0.338 e. The van der Waals surface area contributed by atoms with E-state index >= 15 is 0 Å². The number of pyridine rings is 1. The average molecular weight is 404 g/mol. The Hall–Kier alpha value is -3.45. The molecule has 0 aliphatic carbocycles. The van der Waals surface area contributed by atoms with Crippen LogP contribution in [0.1, 0.15) is 18.3 Å². The van der Waals surface area contributed by atoms with Crippen LogP contribution in [0.5, 0.6) is 0 Å². The molecule has 2 aliphatic heterocycles. The third-order valence-corrected chi connectivity index (χ3v) is 5.08. The summed E-state index contributed by atoms with van der Waals surface area (Å²) in [5, 5.41) is 12.7. The second-order valence-corrected chi connectivity index (χ2v) is 7.23. The molecule has 1 fully saturated rings. The van der Waals surface area contributed by atoms with E-state index in [9.17, 15) is 5.26 Å². The van der Waals surface area contributed by atoms with E-state index in [1.165, 1.54) is 0 Å². The summed E-state index contributed by atoms with van der Waals surface area (Å²) < 4.78 is 0. The highest BCUT2D eigenvalue weighted by Crippen LogP contribution is 2.17. The fraction of sp³-hybridized carbons (Fsp3) is 0.450. The smallest absolute Gasteiger partial charge is 0.256 e. The lowest BCUT2D eigenvalue weighted by atomic mass is 10.1. The van der Waals surface area contributed by atoms with Crippen molar-refractivity contribution in [3.63, 3.8) is 0 Å². The predicted molar refractivity (Wildman–Crippen MR) is 114 cm³/mol. The molecule has 0 aromatic carbocycles. The first-order valence-electron chi connectivity index (χ1n) is 10.0. The van der Waals surface area contributed by atoms with Crippen LogP contribution < -0.4 is 10.2 Å². The van der Waals surface area contributed by atoms with Gasteiger partial charge in [0.1, 0.15) is 23.4 Å². The molecule has 0 amide bonds. The maximum absolute atomic E-state index is 9.56. The third-order valence-electron chi connectivity index (χ3n) is 5.08. The average Bonchev–Trinajstić information content (AvgIpc) is 2.80. The molecule has 1 N–H and O–H groups in total. The molecule has 30 heavy (non-hydrogen) atoms. The Kier molecular flexibility index (Phi) is 5.90. The number of aryl methyl sites for hydroxylation is 1. The Morgan fingerprint density at radius 3 is 2.77 bits per heavy atom. The molecule has 0 spiro atoms. The quantitative estimate of drug-likeness (QED) is 0.795. The Morgan fingerprint density at radius 2 is 2.07 bits per heavy atom. The van der Waals surface area contributed by atoms with Gasteiger partial charge < -0.3 is 15.1 Å². The van der Waals surface area contributed by atoms with Gasteiger partial charge in [0.2, 0.25) is 5.95 Å². The first-order valence-corrected chi connectivity index (χ1v) is 10.0. The molecule has 2 aromatic heterocycles. The van der Waals surface area contributed by atoms with Gasteiger partial charge in [0.15, 0.2) is 0 Å². The third kappa shape index (κ3) is 4.41. The van der Waals surface area contributed by atoms with Crippen LogP contribution in [0.2, 0.25) is 0 Å². The molecule has 10 heteroatoms. The van der Waals surface area contributed by atoms with Crippen LogP contribution >= 0.6 is 0 Å². The van der Waals surface area contributed by atoms with Crippen molar-refractivity contribution in [1.29, 1.82) is 5.26 Å². The molecular formula is C20H24N10. The summed E-state index contributed by atoms with van der Waals surface area (Å²) in [6.45, 7) is 5.96. The Bertz CT molecular complexity index is 986. The molecule has 0 bridgehead atoms. The van der Waals surface area contributed by atoms with Gasteiger partial charge in [-0.3, -0.25) is 9.98 Å². The second-order valence-electron chi connectivity index (χ2n) is 7.23. The highest BCUT2D eigenvalue weighted by atomic mass is 15.3. The van der Waals surface area contributed by atoms with Crippen LogP contribution in [-0.4, -0.2) is 76.3 Å². The van der Waals surface area contributed by atoms with Gasteiger partial charge in [-0.15, -0.1) is 0 Å². The first-order chi connectivity index (χ1) is 14.7. The van der Waals surface area contributed by atoms with Gasteiger partial charge in [-0.25, -0.2) is 0 Å². The van der Waals surface area contributed by atoms with Gasteiger partial charge in [0.05, 0.1) is 12.6 Å². The van der Waals surface area contributed by atoms with Crippen LogP contribution in [-0.2, 0) is 6.42 Å². The topological polar surface area (TPSA) is 119 Å². The van der Waals surface area contributed by atoms with Gasteiger partial charge in [-0.05, 0) is 19.2 Å². The normalized spacial score (nSPS) is 21.1. The lowest BCUT2D eigenvalue weighted by Gasteiger charge is -2.32. The van der Waals surface area contributed by atoms with Gasteiger partial charge in [0.25, 0.3) is 5.95 Å². The van der Waals surface area contributed by atoms with E-state index in [0.717, 1.165) is 31.7 Å². The van der Waals surface area contributed by atoms with Crippen molar-refractivity contribution in [3.05, 3.63) is 35.9 Å². The molecule has 0 radical (unpaired) electrons. The van der Waals surface area contributed by atoms with Crippen LogP contribution in [0.25, 0.3) is 0 Å². The number of nitriles is 1. The Labute approximate surface area is 175 Å². The molecule has 2 aromatic rings. The lowest BCUT2D eigenvalue weighted by molar-refractivity contribution is 0.311. The molecule has 2 aliphatic rings. The number of nitrogens with zero attached hydrogens (tertiary/aromatic N) is 9. The first kappa shape index (κ1) is 19.8. The summed E-state index contributed by atoms with van der Waals surface area (Å²) in [4.78, 5) is 31.3. The molecular weight excluding hydrogens is 380 g/mol. The second kappa shape index (κ2) is 8.92. The summed E-state index contributed by atoms with van der Waals surface area (Å²) in [7, 11) is 2.11. The minimum absolute atomic E-state index is 0.311. The number of amidine groups is 2.